The number of hydrogen-bond acceptors (Lipinski definition) is 4. The standard InChI is InChI=1S/C14H12ClN5O/c1-10-9-12(11(4-8-21)14(15)17-10)19-7-3-13(18-19)20-6-2-5-16-20/h2-3,5-9H,4H2,1H3. The Morgan fingerprint density at radius 2 is 2.19 bits per heavy atom. The lowest BCUT2D eigenvalue weighted by Gasteiger charge is -2.10. The van der Waals surface area contributed by atoms with Crippen molar-refractivity contribution in [1.82, 2.24) is 24.5 Å². The van der Waals surface area contributed by atoms with Crippen molar-refractivity contribution in [2.24, 2.45) is 0 Å². The first kappa shape index (κ1) is 13.5. The number of halogens is 1. The van der Waals surface area contributed by atoms with Gasteiger partial charge in [-0.1, -0.05) is 11.6 Å². The van der Waals surface area contributed by atoms with Crippen LogP contribution in [0, 0.1) is 6.92 Å². The van der Waals surface area contributed by atoms with Gasteiger partial charge in [-0.2, -0.15) is 5.10 Å². The molecule has 3 heterocycles. The van der Waals surface area contributed by atoms with Gasteiger partial charge in [0.05, 0.1) is 5.69 Å². The van der Waals surface area contributed by atoms with E-state index in [2.05, 4.69) is 15.2 Å². The van der Waals surface area contributed by atoms with Crippen LogP contribution in [0.15, 0.2) is 36.8 Å². The summed E-state index contributed by atoms with van der Waals surface area (Å²) >= 11 is 6.14. The Labute approximate surface area is 126 Å². The average molecular weight is 302 g/mol. The maximum atomic E-state index is 10.9. The number of carbonyl (C=O) groups is 1. The first-order valence-electron chi connectivity index (χ1n) is 6.35. The molecule has 106 valence electrons. The topological polar surface area (TPSA) is 65.6 Å². The van der Waals surface area contributed by atoms with Crippen LogP contribution in [0.1, 0.15) is 11.3 Å². The molecule has 0 radical (unpaired) electrons. The van der Waals surface area contributed by atoms with E-state index in [1.807, 2.05) is 31.3 Å². The Morgan fingerprint density at radius 3 is 2.90 bits per heavy atom. The van der Waals surface area contributed by atoms with Crippen LogP contribution < -0.4 is 0 Å². The molecular weight excluding hydrogens is 290 g/mol. The van der Waals surface area contributed by atoms with Gasteiger partial charge in [0.25, 0.3) is 0 Å². The molecule has 3 aromatic rings. The smallest absolute Gasteiger partial charge is 0.175 e. The van der Waals surface area contributed by atoms with Crippen molar-refractivity contribution in [3.8, 4) is 11.5 Å². The van der Waals surface area contributed by atoms with E-state index in [1.165, 1.54) is 0 Å². The Bertz CT molecular complexity index is 779. The van der Waals surface area contributed by atoms with E-state index in [-0.39, 0.29) is 6.42 Å². The van der Waals surface area contributed by atoms with E-state index in [0.29, 0.717) is 16.5 Å². The molecule has 0 unspecified atom stereocenters. The summed E-state index contributed by atoms with van der Waals surface area (Å²) in [5.74, 6) is 0.683. The van der Waals surface area contributed by atoms with Gasteiger partial charge in [-0.15, -0.1) is 5.10 Å². The van der Waals surface area contributed by atoms with Gasteiger partial charge in [-0.05, 0) is 19.1 Å². The van der Waals surface area contributed by atoms with Gasteiger partial charge in [0.2, 0.25) is 0 Å². The minimum absolute atomic E-state index is 0.193. The predicted octanol–water partition coefficient (Wildman–Crippen LogP) is 2.16. The molecule has 0 N–H and O–H groups in total. The summed E-state index contributed by atoms with van der Waals surface area (Å²) in [6, 6.07) is 5.51. The van der Waals surface area contributed by atoms with Gasteiger partial charge in [-0.25, -0.2) is 14.3 Å². The lowest BCUT2D eigenvalue weighted by Crippen LogP contribution is -2.06. The molecule has 0 aliphatic carbocycles. The van der Waals surface area contributed by atoms with E-state index in [0.717, 1.165) is 17.7 Å². The predicted molar refractivity (Wildman–Crippen MR) is 78.0 cm³/mol. The summed E-state index contributed by atoms with van der Waals surface area (Å²) in [6.07, 6.45) is 6.29. The molecule has 0 saturated carbocycles. The minimum atomic E-state index is 0.193. The molecule has 21 heavy (non-hydrogen) atoms. The molecule has 0 bridgehead atoms. The van der Waals surface area contributed by atoms with Gasteiger partial charge in [0.1, 0.15) is 11.4 Å². The number of aryl methyl sites for hydroxylation is 1. The molecular formula is C14H12ClN5O. The highest BCUT2D eigenvalue weighted by molar-refractivity contribution is 6.30. The summed E-state index contributed by atoms with van der Waals surface area (Å²) in [6.45, 7) is 1.85. The largest absolute Gasteiger partial charge is 0.303 e. The Kier molecular flexibility index (Phi) is 3.53. The van der Waals surface area contributed by atoms with Crippen molar-refractivity contribution >= 4 is 17.9 Å². The van der Waals surface area contributed by atoms with Crippen molar-refractivity contribution in [1.29, 1.82) is 0 Å². The molecule has 3 aromatic heterocycles. The molecule has 0 aromatic carbocycles. The van der Waals surface area contributed by atoms with Crippen molar-refractivity contribution in [2.75, 3.05) is 0 Å². The van der Waals surface area contributed by atoms with Crippen LogP contribution in [0.2, 0.25) is 5.15 Å². The van der Waals surface area contributed by atoms with Crippen LogP contribution >= 0.6 is 11.6 Å². The molecule has 6 nitrogen and oxygen atoms in total. The number of carbonyl (C=O) groups excluding carboxylic acids is 1. The highest BCUT2D eigenvalue weighted by Gasteiger charge is 2.13. The second kappa shape index (κ2) is 5.49. The summed E-state index contributed by atoms with van der Waals surface area (Å²) < 4.78 is 3.34. The van der Waals surface area contributed by atoms with Crippen LogP contribution in [0.3, 0.4) is 0 Å². The minimum Gasteiger partial charge on any atom is -0.303 e. The Balaban J connectivity index is 2.10. The van der Waals surface area contributed by atoms with Crippen LogP contribution in [-0.2, 0) is 11.2 Å². The molecule has 0 aliphatic heterocycles. The van der Waals surface area contributed by atoms with Crippen LogP contribution in [-0.4, -0.2) is 30.8 Å². The molecule has 7 heteroatoms. The summed E-state index contributed by atoms with van der Waals surface area (Å²) in [4.78, 5) is 15.0. The number of aromatic nitrogens is 5. The zero-order valence-electron chi connectivity index (χ0n) is 11.3. The third kappa shape index (κ3) is 2.57. The normalized spacial score (nSPS) is 10.8. The van der Waals surface area contributed by atoms with Gasteiger partial charge in [0.15, 0.2) is 5.82 Å². The van der Waals surface area contributed by atoms with Gasteiger partial charge >= 0.3 is 0 Å². The van der Waals surface area contributed by atoms with Crippen molar-refractivity contribution < 1.29 is 4.79 Å². The fourth-order valence-corrected chi connectivity index (χ4v) is 2.40. The van der Waals surface area contributed by atoms with Crippen molar-refractivity contribution in [3.05, 3.63) is 53.2 Å². The zero-order chi connectivity index (χ0) is 14.8. The average Bonchev–Trinajstić information content (AvgIpc) is 3.10. The van der Waals surface area contributed by atoms with E-state index < -0.39 is 0 Å². The molecule has 0 aliphatic rings. The zero-order valence-corrected chi connectivity index (χ0v) is 12.0. The lowest BCUT2D eigenvalue weighted by atomic mass is 10.1. The highest BCUT2D eigenvalue weighted by atomic mass is 35.5. The SMILES string of the molecule is Cc1cc(-n2ccc(-n3cccn3)n2)c(CC=O)c(Cl)n1. The molecule has 0 amide bonds. The third-order valence-electron chi connectivity index (χ3n) is 3.03. The van der Waals surface area contributed by atoms with Crippen LogP contribution in [0.25, 0.3) is 11.5 Å². The summed E-state index contributed by atoms with van der Waals surface area (Å²) in [5, 5.41) is 8.92. The Hall–Kier alpha value is -2.47. The first-order valence-corrected chi connectivity index (χ1v) is 6.72. The summed E-state index contributed by atoms with van der Waals surface area (Å²) in [5.41, 5.74) is 2.17. The first-order chi connectivity index (χ1) is 10.2. The van der Waals surface area contributed by atoms with E-state index >= 15 is 0 Å². The Morgan fingerprint density at radius 1 is 1.33 bits per heavy atom. The maximum Gasteiger partial charge on any atom is 0.175 e. The number of aldehydes is 1. The van der Waals surface area contributed by atoms with Crippen molar-refractivity contribution in [2.45, 2.75) is 13.3 Å². The number of hydrogen-bond donors (Lipinski definition) is 0. The van der Waals surface area contributed by atoms with Gasteiger partial charge < -0.3 is 4.79 Å². The van der Waals surface area contributed by atoms with Gasteiger partial charge in [-0.3, -0.25) is 0 Å². The van der Waals surface area contributed by atoms with E-state index in [1.54, 1.807) is 21.8 Å². The van der Waals surface area contributed by atoms with Crippen LogP contribution in [0.4, 0.5) is 0 Å². The quantitative estimate of drug-likeness (QED) is 0.547. The molecule has 0 saturated heterocycles. The second-order valence-corrected chi connectivity index (χ2v) is 4.85. The van der Waals surface area contributed by atoms with E-state index in [9.17, 15) is 4.79 Å². The lowest BCUT2D eigenvalue weighted by molar-refractivity contribution is -0.107. The molecule has 0 spiro atoms. The molecule has 0 atom stereocenters. The summed E-state index contributed by atoms with van der Waals surface area (Å²) in [7, 11) is 0. The number of nitrogens with zero attached hydrogens (tertiary/aromatic N) is 5. The van der Waals surface area contributed by atoms with Crippen LogP contribution in [0.5, 0.6) is 0 Å². The fraction of sp³-hybridized carbons (Fsp3) is 0.143. The highest BCUT2D eigenvalue weighted by Crippen LogP contribution is 2.23. The second-order valence-electron chi connectivity index (χ2n) is 4.49. The van der Waals surface area contributed by atoms with Gasteiger partial charge in [0, 0.05) is 42.3 Å². The molecule has 3 rings (SSSR count). The number of pyridine rings is 1. The maximum absolute atomic E-state index is 10.9. The van der Waals surface area contributed by atoms with E-state index in [4.69, 9.17) is 11.6 Å². The number of rotatable bonds is 4. The monoisotopic (exact) mass is 301 g/mol. The fourth-order valence-electron chi connectivity index (χ4n) is 2.10. The molecule has 0 fully saturated rings. The van der Waals surface area contributed by atoms with Crippen molar-refractivity contribution in [3.63, 3.8) is 0 Å². The third-order valence-corrected chi connectivity index (χ3v) is 3.34.